The minimum Gasteiger partial charge on any atom is -0.478 e. The van der Waals surface area contributed by atoms with Crippen molar-refractivity contribution in [2.24, 2.45) is 24.8 Å². The Morgan fingerprint density at radius 3 is 2.70 bits per heavy atom. The van der Waals surface area contributed by atoms with Gasteiger partial charge in [0.15, 0.2) is 0 Å². The maximum Gasteiger partial charge on any atom is 0.276 e. The predicted octanol–water partition coefficient (Wildman–Crippen LogP) is 1.91. The first kappa shape index (κ1) is 20.1. The highest BCUT2D eigenvalue weighted by molar-refractivity contribution is 5.90. The van der Waals surface area contributed by atoms with Crippen LogP contribution in [0.2, 0.25) is 0 Å². The molecule has 1 amide bonds. The third-order valence-electron chi connectivity index (χ3n) is 7.26. The average molecular weight is 450 g/mol. The van der Waals surface area contributed by atoms with Gasteiger partial charge in [0.1, 0.15) is 16.7 Å². The summed E-state index contributed by atoms with van der Waals surface area (Å²) in [4.78, 5) is 31.9. The van der Waals surface area contributed by atoms with E-state index in [0.29, 0.717) is 52.9 Å². The highest BCUT2D eigenvalue weighted by atomic mass is 16.5. The lowest BCUT2D eigenvalue weighted by molar-refractivity contribution is -0.125. The highest BCUT2D eigenvalue weighted by Gasteiger charge is 2.56. The molecule has 3 aromatic heterocycles. The van der Waals surface area contributed by atoms with E-state index in [0.717, 1.165) is 31.6 Å². The zero-order valence-corrected chi connectivity index (χ0v) is 18.8. The van der Waals surface area contributed by atoms with Gasteiger partial charge in [0.25, 0.3) is 11.4 Å². The number of fused-ring (bicyclic) bond motifs is 2. The minimum atomic E-state index is -0.0119. The second-order valence-electron chi connectivity index (χ2n) is 9.37. The molecule has 6 rings (SSSR count). The number of likely N-dealkylation sites (tertiary alicyclic amines) is 1. The molecular weight excluding hydrogens is 422 g/mol. The number of carbonyl (C=O) groups is 1. The van der Waals surface area contributed by atoms with Crippen LogP contribution in [0.3, 0.4) is 0 Å². The summed E-state index contributed by atoms with van der Waals surface area (Å²) in [7, 11) is 3.41. The molecule has 1 saturated heterocycles. The molecule has 0 bridgehead atoms. The van der Waals surface area contributed by atoms with Gasteiger partial charge in [-0.1, -0.05) is 6.58 Å². The molecule has 3 aromatic rings. The van der Waals surface area contributed by atoms with Crippen molar-refractivity contribution < 1.29 is 9.53 Å². The number of carbonyl (C=O) groups excluding carboxylic acids is 1. The molecule has 10 heteroatoms. The standard InChI is InChI=1S/C23H27N7O3/c1-4-19(31)28-7-14-15(8-28)16(14)9-29-11-17(25-18-10-27(2)26-22(18)33-3)20-21(23(29)32)30(12-24-20)13-5-6-13/h4,10-16,25H,1,5-9H2,2-3H3. The molecule has 172 valence electrons. The number of aromatic nitrogens is 5. The van der Waals surface area contributed by atoms with Gasteiger partial charge in [0, 0.05) is 38.9 Å². The summed E-state index contributed by atoms with van der Waals surface area (Å²) in [6.07, 6.45) is 9.00. The number of anilines is 2. The first-order valence-electron chi connectivity index (χ1n) is 11.3. The van der Waals surface area contributed by atoms with Crippen molar-refractivity contribution in [3.63, 3.8) is 0 Å². The van der Waals surface area contributed by atoms with Gasteiger partial charge < -0.3 is 24.1 Å². The van der Waals surface area contributed by atoms with Gasteiger partial charge in [0.2, 0.25) is 5.91 Å². The topological polar surface area (TPSA) is 99.2 Å². The van der Waals surface area contributed by atoms with Crippen LogP contribution in [0.15, 0.2) is 36.2 Å². The largest absolute Gasteiger partial charge is 0.478 e. The number of amides is 1. The zero-order valence-electron chi connectivity index (χ0n) is 18.8. The molecule has 2 aliphatic carbocycles. The van der Waals surface area contributed by atoms with Crippen molar-refractivity contribution in [3.05, 3.63) is 41.7 Å². The summed E-state index contributed by atoms with van der Waals surface area (Å²) in [6, 6.07) is 0.345. The van der Waals surface area contributed by atoms with Crippen LogP contribution < -0.4 is 15.6 Å². The Labute approximate surface area is 190 Å². The van der Waals surface area contributed by atoms with Crippen LogP contribution in [0.4, 0.5) is 11.4 Å². The summed E-state index contributed by atoms with van der Waals surface area (Å²) >= 11 is 0. The van der Waals surface area contributed by atoms with Gasteiger partial charge in [-0.15, -0.1) is 5.10 Å². The molecule has 2 unspecified atom stereocenters. The minimum absolute atomic E-state index is 0.00947. The summed E-state index contributed by atoms with van der Waals surface area (Å²) in [6.45, 7) is 5.71. The van der Waals surface area contributed by atoms with E-state index in [2.05, 4.69) is 22.0 Å². The molecule has 33 heavy (non-hydrogen) atoms. The van der Waals surface area contributed by atoms with Gasteiger partial charge in [-0.25, -0.2) is 4.98 Å². The number of hydrogen-bond acceptors (Lipinski definition) is 6. The van der Waals surface area contributed by atoms with E-state index < -0.39 is 0 Å². The van der Waals surface area contributed by atoms with Gasteiger partial charge in [0.05, 0.1) is 25.3 Å². The third-order valence-corrected chi connectivity index (χ3v) is 7.26. The van der Waals surface area contributed by atoms with Gasteiger partial charge in [-0.2, -0.15) is 0 Å². The third kappa shape index (κ3) is 3.23. The summed E-state index contributed by atoms with van der Waals surface area (Å²) in [5.41, 5.74) is 2.76. The first-order valence-corrected chi connectivity index (χ1v) is 11.3. The Kier molecular flexibility index (Phi) is 4.40. The average Bonchev–Trinajstić information content (AvgIpc) is 3.57. The van der Waals surface area contributed by atoms with E-state index in [9.17, 15) is 9.59 Å². The van der Waals surface area contributed by atoms with Crippen molar-refractivity contribution in [2.75, 3.05) is 25.5 Å². The predicted molar refractivity (Wildman–Crippen MR) is 123 cm³/mol. The fourth-order valence-corrected chi connectivity index (χ4v) is 5.34. The molecule has 2 saturated carbocycles. The molecule has 0 radical (unpaired) electrons. The molecule has 4 heterocycles. The number of hydrogen-bond donors (Lipinski definition) is 1. The van der Waals surface area contributed by atoms with Crippen molar-refractivity contribution in [1.82, 2.24) is 28.8 Å². The smallest absolute Gasteiger partial charge is 0.276 e. The number of nitrogens with zero attached hydrogens (tertiary/aromatic N) is 6. The molecule has 2 atom stereocenters. The number of methoxy groups -OCH3 is 1. The van der Waals surface area contributed by atoms with Crippen LogP contribution in [0.5, 0.6) is 5.88 Å². The number of nitrogens with one attached hydrogen (secondary N) is 1. The Morgan fingerprint density at radius 2 is 2.03 bits per heavy atom. The summed E-state index contributed by atoms with van der Waals surface area (Å²) < 4.78 is 10.9. The Bertz CT molecular complexity index is 1320. The van der Waals surface area contributed by atoms with Crippen LogP contribution in [0.25, 0.3) is 11.0 Å². The SMILES string of the molecule is C=CC(=O)N1CC2C(C1)C2Cn1cc(Nc2cn(C)nc2OC)c2ncn(C3CC3)c2c1=O. The van der Waals surface area contributed by atoms with Crippen LogP contribution in [0, 0.1) is 17.8 Å². The van der Waals surface area contributed by atoms with E-state index in [-0.39, 0.29) is 11.5 Å². The molecule has 3 aliphatic rings. The maximum atomic E-state index is 13.5. The zero-order chi connectivity index (χ0) is 22.9. The van der Waals surface area contributed by atoms with Gasteiger partial charge in [-0.3, -0.25) is 14.3 Å². The molecule has 1 N–H and O–H groups in total. The Hall–Kier alpha value is -3.56. The Balaban J connectivity index is 1.34. The van der Waals surface area contributed by atoms with Crippen LogP contribution in [-0.2, 0) is 18.4 Å². The first-order chi connectivity index (χ1) is 16.0. The van der Waals surface area contributed by atoms with Crippen LogP contribution in [-0.4, -0.2) is 54.9 Å². The molecule has 3 fully saturated rings. The van der Waals surface area contributed by atoms with E-state index in [1.54, 1.807) is 18.1 Å². The lowest BCUT2D eigenvalue weighted by Gasteiger charge is -2.19. The molecule has 1 aliphatic heterocycles. The summed E-state index contributed by atoms with van der Waals surface area (Å²) in [5, 5.41) is 7.71. The quantitative estimate of drug-likeness (QED) is 0.553. The molecule has 10 nitrogen and oxygen atoms in total. The van der Waals surface area contributed by atoms with Crippen molar-refractivity contribution in [1.29, 1.82) is 0 Å². The lowest BCUT2D eigenvalue weighted by atomic mass is 10.2. The molecular formula is C23H27N7O3. The number of imidazole rings is 1. The number of ether oxygens (including phenoxy) is 1. The number of piperidine rings is 1. The van der Waals surface area contributed by atoms with Crippen LogP contribution >= 0.6 is 0 Å². The van der Waals surface area contributed by atoms with E-state index in [1.165, 1.54) is 6.08 Å². The monoisotopic (exact) mass is 449 g/mol. The van der Waals surface area contributed by atoms with Crippen molar-refractivity contribution >= 4 is 28.3 Å². The van der Waals surface area contributed by atoms with E-state index in [1.807, 2.05) is 33.5 Å². The number of aryl methyl sites for hydroxylation is 1. The normalized spacial score (nSPS) is 23.6. The second-order valence-corrected chi connectivity index (χ2v) is 9.37. The fraction of sp³-hybridized carbons (Fsp3) is 0.478. The molecule has 0 spiro atoms. The van der Waals surface area contributed by atoms with Crippen LogP contribution in [0.1, 0.15) is 18.9 Å². The summed E-state index contributed by atoms with van der Waals surface area (Å²) in [5.74, 6) is 1.75. The Morgan fingerprint density at radius 1 is 1.27 bits per heavy atom. The fourth-order valence-electron chi connectivity index (χ4n) is 5.34. The van der Waals surface area contributed by atoms with Gasteiger partial charge in [-0.05, 0) is 36.7 Å². The van der Waals surface area contributed by atoms with E-state index in [4.69, 9.17) is 4.74 Å². The maximum absolute atomic E-state index is 13.5. The van der Waals surface area contributed by atoms with Gasteiger partial charge >= 0.3 is 0 Å². The number of rotatable bonds is 7. The lowest BCUT2D eigenvalue weighted by Crippen LogP contribution is -2.31. The highest BCUT2D eigenvalue weighted by Crippen LogP contribution is 2.52. The van der Waals surface area contributed by atoms with Crippen molar-refractivity contribution in [2.45, 2.75) is 25.4 Å². The molecule has 0 aromatic carbocycles. The van der Waals surface area contributed by atoms with E-state index >= 15 is 0 Å². The number of pyridine rings is 1. The van der Waals surface area contributed by atoms with Crippen molar-refractivity contribution in [3.8, 4) is 5.88 Å². The second kappa shape index (κ2) is 7.23.